The van der Waals surface area contributed by atoms with Crippen LogP contribution in [0.3, 0.4) is 0 Å². The van der Waals surface area contributed by atoms with Crippen molar-refractivity contribution in [1.29, 1.82) is 0 Å². The van der Waals surface area contributed by atoms with Crippen molar-refractivity contribution in [1.82, 2.24) is 24.2 Å². The highest BCUT2D eigenvalue weighted by atomic mass is 16.2. The lowest BCUT2D eigenvalue weighted by molar-refractivity contribution is 0.0937. The standard InChI is InChI=1S/C15H21N5O3/c1-9-6-10(2)20(17-9)11(3)8-16-14(22)12-7-13(21)19(5)15(23)18(12)4/h6-7,11H,8H2,1-5H3,(H,16,22)/t11-/m0/s1. The average Bonchev–Trinajstić information content (AvgIpc) is 2.84. The van der Waals surface area contributed by atoms with Gasteiger partial charge in [0.1, 0.15) is 5.69 Å². The molecule has 2 heterocycles. The van der Waals surface area contributed by atoms with Gasteiger partial charge >= 0.3 is 5.69 Å². The number of rotatable bonds is 4. The Labute approximate surface area is 133 Å². The zero-order valence-electron chi connectivity index (χ0n) is 14.0. The first-order valence-electron chi connectivity index (χ1n) is 7.30. The second-order valence-corrected chi connectivity index (χ2v) is 5.70. The summed E-state index contributed by atoms with van der Waals surface area (Å²) in [6.07, 6.45) is 0. The minimum atomic E-state index is -0.533. The topological polar surface area (TPSA) is 90.9 Å². The molecule has 0 fully saturated rings. The third-order valence-corrected chi connectivity index (χ3v) is 3.78. The van der Waals surface area contributed by atoms with E-state index in [0.29, 0.717) is 6.54 Å². The Hall–Kier alpha value is -2.64. The van der Waals surface area contributed by atoms with Gasteiger partial charge in [0.25, 0.3) is 11.5 Å². The van der Waals surface area contributed by atoms with E-state index in [4.69, 9.17) is 0 Å². The maximum Gasteiger partial charge on any atom is 0.331 e. The molecular weight excluding hydrogens is 298 g/mol. The molecule has 0 saturated heterocycles. The van der Waals surface area contributed by atoms with Crippen molar-refractivity contribution in [2.45, 2.75) is 26.8 Å². The van der Waals surface area contributed by atoms with Gasteiger partial charge in [-0.1, -0.05) is 0 Å². The fourth-order valence-electron chi connectivity index (χ4n) is 2.46. The maximum absolute atomic E-state index is 12.3. The van der Waals surface area contributed by atoms with E-state index in [-0.39, 0.29) is 11.7 Å². The van der Waals surface area contributed by atoms with Gasteiger partial charge in [0.2, 0.25) is 0 Å². The van der Waals surface area contributed by atoms with Gasteiger partial charge < -0.3 is 5.32 Å². The van der Waals surface area contributed by atoms with Gasteiger partial charge in [-0.05, 0) is 26.8 Å². The van der Waals surface area contributed by atoms with Crippen LogP contribution in [0.5, 0.6) is 0 Å². The quantitative estimate of drug-likeness (QED) is 0.851. The molecule has 0 aliphatic heterocycles. The fraction of sp³-hybridized carbons (Fsp3) is 0.467. The van der Waals surface area contributed by atoms with Crippen molar-refractivity contribution in [3.8, 4) is 0 Å². The molecule has 124 valence electrons. The molecule has 1 amide bonds. The number of hydrogen-bond donors (Lipinski definition) is 1. The number of aryl methyl sites for hydroxylation is 2. The van der Waals surface area contributed by atoms with Crippen LogP contribution in [0.15, 0.2) is 21.7 Å². The van der Waals surface area contributed by atoms with Gasteiger partial charge in [-0.3, -0.25) is 23.4 Å². The molecule has 0 aromatic carbocycles. The van der Waals surface area contributed by atoms with Crippen LogP contribution in [0.2, 0.25) is 0 Å². The zero-order valence-corrected chi connectivity index (χ0v) is 14.0. The second-order valence-electron chi connectivity index (χ2n) is 5.70. The molecule has 23 heavy (non-hydrogen) atoms. The summed E-state index contributed by atoms with van der Waals surface area (Å²) in [4.78, 5) is 35.8. The molecule has 2 rings (SSSR count). The van der Waals surface area contributed by atoms with Gasteiger partial charge in [-0.2, -0.15) is 5.10 Å². The van der Waals surface area contributed by atoms with Crippen LogP contribution < -0.4 is 16.6 Å². The Morgan fingerprint density at radius 2 is 1.87 bits per heavy atom. The van der Waals surface area contributed by atoms with Crippen LogP contribution in [0.25, 0.3) is 0 Å². The highest BCUT2D eigenvalue weighted by Gasteiger charge is 2.15. The third kappa shape index (κ3) is 3.25. The van der Waals surface area contributed by atoms with E-state index in [0.717, 1.165) is 26.6 Å². The number of nitrogens with one attached hydrogen (secondary N) is 1. The lowest BCUT2D eigenvalue weighted by Gasteiger charge is -2.16. The van der Waals surface area contributed by atoms with Gasteiger partial charge in [-0.25, -0.2) is 4.79 Å². The molecule has 1 atom stereocenters. The number of carbonyl (C=O) groups excluding carboxylic acids is 1. The highest BCUT2D eigenvalue weighted by Crippen LogP contribution is 2.09. The molecule has 0 radical (unpaired) electrons. The Balaban J connectivity index is 2.16. The second kappa shape index (κ2) is 6.23. The number of nitrogens with zero attached hydrogens (tertiary/aromatic N) is 4. The molecule has 0 aliphatic rings. The van der Waals surface area contributed by atoms with Crippen molar-refractivity contribution in [3.63, 3.8) is 0 Å². The lowest BCUT2D eigenvalue weighted by atomic mass is 10.3. The van der Waals surface area contributed by atoms with E-state index in [2.05, 4.69) is 10.4 Å². The summed E-state index contributed by atoms with van der Waals surface area (Å²) >= 11 is 0. The first-order valence-corrected chi connectivity index (χ1v) is 7.30. The average molecular weight is 319 g/mol. The Morgan fingerprint density at radius 3 is 2.43 bits per heavy atom. The number of hydrogen-bond acceptors (Lipinski definition) is 4. The predicted octanol–water partition coefficient (Wildman–Crippen LogP) is -0.112. The number of aromatic nitrogens is 4. The SMILES string of the molecule is Cc1cc(C)n([C@@H](C)CNC(=O)c2cc(=O)n(C)c(=O)n2C)n1. The largest absolute Gasteiger partial charge is 0.349 e. The summed E-state index contributed by atoms with van der Waals surface area (Å²) in [5.41, 5.74) is 0.914. The van der Waals surface area contributed by atoms with E-state index in [1.807, 2.05) is 31.5 Å². The summed E-state index contributed by atoms with van der Waals surface area (Å²) in [5.74, 6) is -0.462. The van der Waals surface area contributed by atoms with Crippen LogP contribution in [0.4, 0.5) is 0 Å². The van der Waals surface area contributed by atoms with Crippen LogP contribution in [-0.2, 0) is 14.1 Å². The summed E-state index contributed by atoms with van der Waals surface area (Å²) in [7, 11) is 2.83. The molecular formula is C15H21N5O3. The summed E-state index contributed by atoms with van der Waals surface area (Å²) in [5, 5.41) is 7.12. The predicted molar refractivity (Wildman–Crippen MR) is 85.7 cm³/mol. The molecule has 2 aromatic rings. The molecule has 0 bridgehead atoms. The zero-order chi connectivity index (χ0) is 17.3. The monoisotopic (exact) mass is 319 g/mol. The van der Waals surface area contributed by atoms with Gasteiger partial charge in [-0.15, -0.1) is 0 Å². The van der Waals surface area contributed by atoms with E-state index < -0.39 is 17.2 Å². The molecule has 2 aromatic heterocycles. The van der Waals surface area contributed by atoms with Crippen molar-refractivity contribution in [2.24, 2.45) is 14.1 Å². The maximum atomic E-state index is 12.3. The van der Waals surface area contributed by atoms with Crippen LogP contribution in [0, 0.1) is 13.8 Å². The molecule has 0 saturated carbocycles. The van der Waals surface area contributed by atoms with E-state index in [1.165, 1.54) is 14.1 Å². The van der Waals surface area contributed by atoms with Crippen LogP contribution in [0.1, 0.15) is 34.8 Å². The minimum absolute atomic E-state index is 0.0404. The highest BCUT2D eigenvalue weighted by molar-refractivity contribution is 5.92. The molecule has 0 aliphatic carbocycles. The fourth-order valence-corrected chi connectivity index (χ4v) is 2.46. The van der Waals surface area contributed by atoms with Crippen molar-refractivity contribution >= 4 is 5.91 Å². The third-order valence-electron chi connectivity index (χ3n) is 3.78. The van der Waals surface area contributed by atoms with Gasteiger partial charge in [0.05, 0.1) is 11.7 Å². The Morgan fingerprint density at radius 1 is 1.22 bits per heavy atom. The summed E-state index contributed by atoms with van der Waals surface area (Å²) in [6, 6.07) is 3.07. The van der Waals surface area contributed by atoms with Crippen molar-refractivity contribution in [3.05, 3.63) is 50.1 Å². The molecule has 0 unspecified atom stereocenters. The summed E-state index contributed by atoms with van der Waals surface area (Å²) < 4.78 is 3.94. The van der Waals surface area contributed by atoms with Crippen molar-refractivity contribution in [2.75, 3.05) is 6.54 Å². The number of carbonyl (C=O) groups is 1. The summed E-state index contributed by atoms with van der Waals surface area (Å²) in [6.45, 7) is 6.13. The van der Waals surface area contributed by atoms with Gasteiger partial charge in [0, 0.05) is 32.4 Å². The first-order chi connectivity index (χ1) is 10.7. The molecule has 1 N–H and O–H groups in total. The van der Waals surface area contributed by atoms with E-state index >= 15 is 0 Å². The molecule has 0 spiro atoms. The van der Waals surface area contributed by atoms with E-state index in [1.54, 1.807) is 0 Å². The van der Waals surface area contributed by atoms with Crippen LogP contribution >= 0.6 is 0 Å². The van der Waals surface area contributed by atoms with E-state index in [9.17, 15) is 14.4 Å². The number of amides is 1. The lowest BCUT2D eigenvalue weighted by Crippen LogP contribution is -2.41. The Kier molecular flexibility index (Phi) is 4.53. The molecule has 8 heteroatoms. The molecule has 8 nitrogen and oxygen atoms in total. The first kappa shape index (κ1) is 16.7. The van der Waals surface area contributed by atoms with Crippen LogP contribution in [-0.4, -0.2) is 31.4 Å². The van der Waals surface area contributed by atoms with Gasteiger partial charge in [0.15, 0.2) is 0 Å². The minimum Gasteiger partial charge on any atom is -0.349 e. The normalized spacial score (nSPS) is 12.2. The Bertz CT molecular complexity index is 859. The smallest absolute Gasteiger partial charge is 0.331 e. The van der Waals surface area contributed by atoms with Crippen molar-refractivity contribution < 1.29 is 4.79 Å².